The molecule has 73 heavy (non-hydrogen) atoms. The van der Waals surface area contributed by atoms with Gasteiger partial charge < -0.3 is 65.1 Å². The monoisotopic (exact) mass is 1030 g/mol. The highest BCUT2D eigenvalue weighted by molar-refractivity contribution is 5.76. The summed E-state index contributed by atoms with van der Waals surface area (Å²) >= 11 is 0. The molecule has 1 amide bonds. The number of ether oxygens (including phenoxy) is 4. The Balaban J connectivity index is 1.68. The van der Waals surface area contributed by atoms with E-state index in [4.69, 9.17) is 18.9 Å². The maximum Gasteiger partial charge on any atom is 0.220 e. The molecule has 2 saturated heterocycles. The molecular weight excluding hydrogens is 931 g/mol. The standard InChI is InChI=1S/C59H103NO13/c1-3-5-7-9-11-13-15-16-17-18-19-20-21-22-23-24-25-26-27-28-29-30-31-32-33-35-37-39-41-43-51(64)60-47(48(63)42-40-38-36-34-14-12-10-8-6-4-2)46-70-58-56(69)54(67)57(50(45-62)72-58)73-59-55(68)53(66)52(65)49(44-61)71-59/h6,8,14-16,18-19,21-22,34,40,42,47-50,52-59,61-63,65-69H,3-5,7,9-13,17,20,23-33,35-39,41,43-46H2,1-2H3,(H,60,64)/b8-6+,16-15-,19-18-,22-21-,34-14+,42-40+. The zero-order valence-corrected chi connectivity index (χ0v) is 45.1. The number of unbranched alkanes of at least 4 members (excludes halogenated alkanes) is 21. The molecule has 2 aliphatic heterocycles. The van der Waals surface area contributed by atoms with Gasteiger partial charge in [0, 0.05) is 6.42 Å². The van der Waals surface area contributed by atoms with Crippen LogP contribution in [0.25, 0.3) is 0 Å². The number of aliphatic hydroxyl groups excluding tert-OH is 8. The first kappa shape index (κ1) is 66.5. The average Bonchev–Trinajstić information content (AvgIpc) is 3.39. The minimum absolute atomic E-state index is 0.259. The number of nitrogens with one attached hydrogen (secondary N) is 1. The summed E-state index contributed by atoms with van der Waals surface area (Å²) in [6, 6.07) is -0.939. The summed E-state index contributed by atoms with van der Waals surface area (Å²) in [5, 5.41) is 86.7. The number of carbonyl (C=O) groups excluding carboxylic acids is 1. The molecule has 12 atom stereocenters. The lowest BCUT2D eigenvalue weighted by Gasteiger charge is -2.46. The summed E-state index contributed by atoms with van der Waals surface area (Å²) < 4.78 is 22.7. The number of hydrogen-bond donors (Lipinski definition) is 9. The number of amides is 1. The lowest BCUT2D eigenvalue weighted by Crippen LogP contribution is -2.65. The van der Waals surface area contributed by atoms with E-state index in [0.717, 1.165) is 57.8 Å². The van der Waals surface area contributed by atoms with Crippen LogP contribution in [0.2, 0.25) is 0 Å². The van der Waals surface area contributed by atoms with Crippen LogP contribution >= 0.6 is 0 Å². The van der Waals surface area contributed by atoms with E-state index >= 15 is 0 Å². The molecule has 0 aliphatic carbocycles. The highest BCUT2D eigenvalue weighted by Gasteiger charge is 2.51. The van der Waals surface area contributed by atoms with Crippen LogP contribution in [0.4, 0.5) is 0 Å². The van der Waals surface area contributed by atoms with Crippen molar-refractivity contribution in [3.05, 3.63) is 72.9 Å². The first-order chi connectivity index (χ1) is 35.6. The average molecular weight is 1030 g/mol. The topological polar surface area (TPSA) is 228 Å². The molecule has 422 valence electrons. The SMILES string of the molecule is CC/C=C/CC/C=C/CC/C=C/C(O)C(COC1OC(CO)C(OC2OC(CO)C(O)C(O)C2O)C(O)C1O)NC(=O)CCCCCCCCCCCCCCCC/C=C\C/C=C\C/C=C\CCCCCCC. The summed E-state index contributed by atoms with van der Waals surface area (Å²) in [6.45, 7) is 2.61. The van der Waals surface area contributed by atoms with Crippen molar-refractivity contribution in [3.63, 3.8) is 0 Å². The van der Waals surface area contributed by atoms with Gasteiger partial charge in [0.1, 0.15) is 48.8 Å². The van der Waals surface area contributed by atoms with Gasteiger partial charge in [-0.05, 0) is 77.0 Å². The highest BCUT2D eigenvalue weighted by Crippen LogP contribution is 2.30. The summed E-state index contributed by atoms with van der Waals surface area (Å²) in [7, 11) is 0. The van der Waals surface area contributed by atoms with Crippen molar-refractivity contribution >= 4 is 5.91 Å². The summed E-state index contributed by atoms with van der Waals surface area (Å²) in [5.41, 5.74) is 0. The second-order valence-corrected chi connectivity index (χ2v) is 20.0. The van der Waals surface area contributed by atoms with Crippen molar-refractivity contribution in [2.75, 3.05) is 19.8 Å². The van der Waals surface area contributed by atoms with Crippen LogP contribution in [0, 0.1) is 0 Å². The minimum Gasteiger partial charge on any atom is -0.394 e. The third-order valence-corrected chi connectivity index (χ3v) is 13.6. The summed E-state index contributed by atoms with van der Waals surface area (Å²) in [6.07, 6.45) is 41.2. The van der Waals surface area contributed by atoms with Gasteiger partial charge in [-0.1, -0.05) is 189 Å². The zero-order valence-electron chi connectivity index (χ0n) is 45.1. The Morgan fingerprint density at radius 3 is 1.49 bits per heavy atom. The third-order valence-electron chi connectivity index (χ3n) is 13.6. The molecule has 12 unspecified atom stereocenters. The molecule has 2 fully saturated rings. The van der Waals surface area contributed by atoms with Crippen molar-refractivity contribution in [3.8, 4) is 0 Å². The first-order valence-electron chi connectivity index (χ1n) is 28.7. The van der Waals surface area contributed by atoms with Gasteiger partial charge in [0.15, 0.2) is 12.6 Å². The quantitative estimate of drug-likeness (QED) is 0.0205. The Bertz CT molecular complexity index is 1500. The predicted octanol–water partition coefficient (Wildman–Crippen LogP) is 9.16. The molecule has 0 aromatic heterocycles. The normalized spacial score (nSPS) is 25.9. The molecule has 2 aliphatic rings. The van der Waals surface area contributed by atoms with Crippen molar-refractivity contribution in [2.45, 2.75) is 274 Å². The number of hydrogen-bond acceptors (Lipinski definition) is 13. The minimum atomic E-state index is -1.79. The number of carbonyl (C=O) groups is 1. The fourth-order valence-corrected chi connectivity index (χ4v) is 8.98. The van der Waals surface area contributed by atoms with E-state index in [-0.39, 0.29) is 18.9 Å². The zero-order chi connectivity index (χ0) is 53.2. The number of rotatable bonds is 44. The molecule has 14 nitrogen and oxygen atoms in total. The fourth-order valence-electron chi connectivity index (χ4n) is 8.98. The van der Waals surface area contributed by atoms with Crippen LogP contribution in [-0.4, -0.2) is 140 Å². The van der Waals surface area contributed by atoms with Gasteiger partial charge in [-0.15, -0.1) is 0 Å². The molecule has 0 aromatic carbocycles. The van der Waals surface area contributed by atoms with E-state index in [2.05, 4.69) is 79.9 Å². The first-order valence-corrected chi connectivity index (χ1v) is 28.7. The lowest BCUT2D eigenvalue weighted by atomic mass is 9.97. The van der Waals surface area contributed by atoms with E-state index < -0.39 is 86.8 Å². The third kappa shape index (κ3) is 30.7. The van der Waals surface area contributed by atoms with Crippen molar-refractivity contribution in [1.29, 1.82) is 0 Å². The summed E-state index contributed by atoms with van der Waals surface area (Å²) in [5.74, 6) is -0.259. The van der Waals surface area contributed by atoms with Gasteiger partial charge in [-0.2, -0.15) is 0 Å². The second kappa shape index (κ2) is 44.5. The molecule has 0 aromatic rings. The molecule has 0 radical (unpaired) electrons. The van der Waals surface area contributed by atoms with Gasteiger partial charge in [-0.3, -0.25) is 4.79 Å². The van der Waals surface area contributed by atoms with Crippen LogP contribution in [0.1, 0.15) is 200 Å². The smallest absolute Gasteiger partial charge is 0.220 e. The molecular formula is C59H103NO13. The van der Waals surface area contributed by atoms with Crippen LogP contribution in [0.3, 0.4) is 0 Å². The van der Waals surface area contributed by atoms with Gasteiger partial charge in [0.05, 0.1) is 32.0 Å². The molecule has 2 heterocycles. The van der Waals surface area contributed by atoms with E-state index in [1.165, 1.54) is 109 Å². The van der Waals surface area contributed by atoms with Gasteiger partial charge >= 0.3 is 0 Å². The van der Waals surface area contributed by atoms with Crippen LogP contribution in [-0.2, 0) is 23.7 Å². The van der Waals surface area contributed by atoms with E-state index in [1.807, 2.05) is 6.08 Å². The number of allylic oxidation sites excluding steroid dienone is 11. The maximum atomic E-state index is 13.2. The Kier molecular flexibility index (Phi) is 40.6. The Morgan fingerprint density at radius 2 is 0.959 bits per heavy atom. The van der Waals surface area contributed by atoms with Gasteiger partial charge in [0.25, 0.3) is 0 Å². The fraction of sp³-hybridized carbons (Fsp3) is 0.780. The summed E-state index contributed by atoms with van der Waals surface area (Å²) in [4.78, 5) is 13.2. The predicted molar refractivity (Wildman–Crippen MR) is 290 cm³/mol. The van der Waals surface area contributed by atoms with E-state index in [1.54, 1.807) is 6.08 Å². The molecule has 0 saturated carbocycles. The van der Waals surface area contributed by atoms with Crippen LogP contribution < -0.4 is 5.32 Å². The Labute approximate surface area is 440 Å². The molecule has 0 bridgehead atoms. The van der Waals surface area contributed by atoms with Crippen molar-refractivity contribution in [2.24, 2.45) is 0 Å². The van der Waals surface area contributed by atoms with Gasteiger partial charge in [0.2, 0.25) is 5.91 Å². The second-order valence-electron chi connectivity index (χ2n) is 20.0. The van der Waals surface area contributed by atoms with E-state index in [0.29, 0.717) is 12.8 Å². The molecule has 2 rings (SSSR count). The van der Waals surface area contributed by atoms with Crippen LogP contribution in [0.5, 0.6) is 0 Å². The molecule has 9 N–H and O–H groups in total. The van der Waals surface area contributed by atoms with Crippen molar-refractivity contribution < 1.29 is 64.6 Å². The lowest BCUT2D eigenvalue weighted by molar-refractivity contribution is -0.359. The van der Waals surface area contributed by atoms with Crippen LogP contribution in [0.15, 0.2) is 72.9 Å². The Hall–Kier alpha value is -2.57. The Morgan fingerprint density at radius 1 is 0.507 bits per heavy atom. The van der Waals surface area contributed by atoms with Crippen molar-refractivity contribution in [1.82, 2.24) is 5.32 Å². The van der Waals surface area contributed by atoms with E-state index in [9.17, 15) is 45.6 Å². The molecule has 0 spiro atoms. The highest BCUT2D eigenvalue weighted by atomic mass is 16.7. The molecule has 14 heteroatoms. The van der Waals surface area contributed by atoms with Gasteiger partial charge in [-0.25, -0.2) is 0 Å². The largest absolute Gasteiger partial charge is 0.394 e. The maximum absolute atomic E-state index is 13.2. The number of aliphatic hydroxyl groups is 8.